The van der Waals surface area contributed by atoms with Gasteiger partial charge in [-0.05, 0) is 37.0 Å². The number of nitrogens with zero attached hydrogens (tertiary/aromatic N) is 3. The number of urea groups is 1. The molecule has 2 heterocycles. The second kappa shape index (κ2) is 7.48. The van der Waals surface area contributed by atoms with Gasteiger partial charge in [0.05, 0.1) is 25.0 Å². The first-order valence-corrected chi connectivity index (χ1v) is 9.02. The van der Waals surface area contributed by atoms with E-state index < -0.39 is 0 Å². The van der Waals surface area contributed by atoms with E-state index >= 15 is 0 Å². The topological polar surface area (TPSA) is 55.8 Å². The molecule has 0 atom stereocenters. The number of benzene rings is 1. The summed E-state index contributed by atoms with van der Waals surface area (Å²) in [6, 6.07) is 7.00. The van der Waals surface area contributed by atoms with E-state index in [1.54, 1.807) is 12.1 Å². The van der Waals surface area contributed by atoms with Crippen molar-refractivity contribution in [2.45, 2.75) is 32.1 Å². The molecule has 1 aromatic carbocycles. The van der Waals surface area contributed by atoms with Gasteiger partial charge in [-0.15, -0.1) is 24.0 Å². The van der Waals surface area contributed by atoms with Gasteiger partial charge in [-0.2, -0.15) is 10.5 Å². The molecule has 1 aromatic rings. The number of hydrogen-bond donors (Lipinski definition) is 2. The summed E-state index contributed by atoms with van der Waals surface area (Å²) in [5.74, 6) is 0.224. The van der Waals surface area contributed by atoms with Crippen LogP contribution in [0.15, 0.2) is 47.8 Å². The highest BCUT2D eigenvalue weighted by Crippen LogP contribution is 2.34. The zero-order valence-electron chi connectivity index (χ0n) is 15.0. The second-order valence-corrected chi connectivity index (χ2v) is 7.06. The van der Waals surface area contributed by atoms with E-state index in [9.17, 15) is 9.90 Å². The zero-order valence-corrected chi connectivity index (χ0v) is 17.3. The Labute approximate surface area is 171 Å². The number of aromatic hydroxyl groups is 1. The molecule has 2 N–H and O–H groups in total. The quantitative estimate of drug-likeness (QED) is 0.511. The highest BCUT2D eigenvalue weighted by Gasteiger charge is 2.44. The highest BCUT2D eigenvalue weighted by molar-refractivity contribution is 14.0. The van der Waals surface area contributed by atoms with Crippen LogP contribution in [0.25, 0.3) is 0 Å². The van der Waals surface area contributed by atoms with E-state index in [1.165, 1.54) is 17.7 Å². The number of allylic oxidation sites excluding steroid dienone is 2. The Morgan fingerprint density at radius 3 is 2.50 bits per heavy atom. The van der Waals surface area contributed by atoms with Gasteiger partial charge >= 0.3 is 6.03 Å². The molecule has 2 amide bonds. The fourth-order valence-electron chi connectivity index (χ4n) is 4.10. The van der Waals surface area contributed by atoms with Crippen molar-refractivity contribution in [3.8, 4) is 5.75 Å². The molecule has 0 aromatic heterocycles. The van der Waals surface area contributed by atoms with Gasteiger partial charge in [-0.3, -0.25) is 5.01 Å². The number of amides is 2. The molecule has 3 aliphatic rings. The van der Waals surface area contributed by atoms with Crippen molar-refractivity contribution in [2.75, 3.05) is 20.1 Å². The maximum absolute atomic E-state index is 13.2. The lowest BCUT2D eigenvalue weighted by Crippen LogP contribution is -2.61. The Bertz CT molecular complexity index is 738. The van der Waals surface area contributed by atoms with Gasteiger partial charge < -0.3 is 5.11 Å². The van der Waals surface area contributed by atoms with E-state index in [2.05, 4.69) is 11.5 Å². The van der Waals surface area contributed by atoms with E-state index in [4.69, 9.17) is 0 Å². The number of carbonyl (C=O) groups excluding carboxylic acids is 1. The SMILES string of the molecule is CN1C2=CCCCC2=CN1NC(=O)[N+]1(c2ccc(O)cc2)CCCC1.I. The first kappa shape index (κ1) is 19.0. The molecule has 0 saturated carbocycles. The third-order valence-electron chi connectivity index (χ3n) is 5.54. The van der Waals surface area contributed by atoms with E-state index in [1.807, 2.05) is 35.5 Å². The summed E-state index contributed by atoms with van der Waals surface area (Å²) in [6.45, 7) is 1.57. The molecule has 1 aliphatic carbocycles. The minimum absolute atomic E-state index is 0. The number of rotatable bonds is 2. The van der Waals surface area contributed by atoms with Gasteiger partial charge in [-0.1, -0.05) is 6.08 Å². The Morgan fingerprint density at radius 2 is 1.85 bits per heavy atom. The van der Waals surface area contributed by atoms with Crippen molar-refractivity contribution in [3.63, 3.8) is 0 Å². The van der Waals surface area contributed by atoms with Crippen LogP contribution in [-0.2, 0) is 0 Å². The van der Waals surface area contributed by atoms with Crippen molar-refractivity contribution in [3.05, 3.63) is 47.8 Å². The van der Waals surface area contributed by atoms with Crippen LogP contribution < -0.4 is 9.91 Å². The molecule has 0 unspecified atom stereocenters. The summed E-state index contributed by atoms with van der Waals surface area (Å²) >= 11 is 0. The third kappa shape index (κ3) is 3.18. The summed E-state index contributed by atoms with van der Waals surface area (Å²) in [5, 5.41) is 13.4. The van der Waals surface area contributed by atoms with Gasteiger partial charge in [0.1, 0.15) is 11.4 Å². The Balaban J connectivity index is 0.00000196. The molecule has 0 bridgehead atoms. The fraction of sp³-hybridized carbons (Fsp3) is 0.421. The lowest BCUT2D eigenvalue weighted by Gasteiger charge is -2.34. The normalized spacial score (nSPS) is 20.8. The van der Waals surface area contributed by atoms with Gasteiger partial charge in [0.2, 0.25) is 0 Å². The van der Waals surface area contributed by atoms with Crippen LogP contribution in [0.3, 0.4) is 0 Å². The van der Waals surface area contributed by atoms with Gasteiger partial charge in [0.25, 0.3) is 0 Å². The van der Waals surface area contributed by atoms with Crippen molar-refractivity contribution >= 4 is 35.7 Å². The van der Waals surface area contributed by atoms with Crippen LogP contribution in [0.5, 0.6) is 5.75 Å². The molecular weight excluding hydrogens is 443 g/mol. The van der Waals surface area contributed by atoms with Gasteiger partial charge in [-0.25, -0.2) is 9.28 Å². The molecule has 26 heavy (non-hydrogen) atoms. The van der Waals surface area contributed by atoms with Crippen LogP contribution in [0.1, 0.15) is 32.1 Å². The Morgan fingerprint density at radius 1 is 1.15 bits per heavy atom. The summed E-state index contributed by atoms with van der Waals surface area (Å²) in [6.07, 6.45) is 9.63. The standard InChI is InChI=1S/C19H24N4O2.HI/c1-21-18-7-3-2-6-15(18)14-22(21)20-19(25)23(12-4-5-13-23)16-8-10-17(24)11-9-16;/h7-11,14H,2-6,12-13H2,1H3,(H-,20,24,25);1H/p+1. The van der Waals surface area contributed by atoms with Crippen LogP contribution in [0, 0.1) is 0 Å². The van der Waals surface area contributed by atoms with Crippen molar-refractivity contribution in [2.24, 2.45) is 0 Å². The smallest absolute Gasteiger partial charge is 0.441 e. The summed E-state index contributed by atoms with van der Waals surface area (Å²) < 4.78 is 0.285. The number of phenols is 1. The van der Waals surface area contributed by atoms with Crippen LogP contribution >= 0.6 is 24.0 Å². The second-order valence-electron chi connectivity index (χ2n) is 7.06. The van der Waals surface area contributed by atoms with E-state index in [0.717, 1.165) is 44.5 Å². The monoisotopic (exact) mass is 469 g/mol. The van der Waals surface area contributed by atoms with Crippen LogP contribution in [-0.4, -0.2) is 41.4 Å². The predicted molar refractivity (Wildman–Crippen MR) is 112 cm³/mol. The number of halogens is 1. The Hall–Kier alpha value is -1.74. The molecule has 1 saturated heterocycles. The maximum atomic E-state index is 13.2. The summed E-state index contributed by atoms with van der Waals surface area (Å²) in [5.41, 5.74) is 6.51. The minimum atomic E-state index is -0.0221. The number of carbonyl (C=O) groups is 1. The average molecular weight is 469 g/mol. The molecule has 4 rings (SSSR count). The number of quaternary nitrogens is 1. The Kier molecular flexibility index (Phi) is 5.47. The van der Waals surface area contributed by atoms with Crippen LogP contribution in [0.2, 0.25) is 0 Å². The van der Waals surface area contributed by atoms with Crippen molar-refractivity contribution in [1.29, 1.82) is 0 Å². The van der Waals surface area contributed by atoms with Gasteiger partial charge in [0, 0.05) is 32.0 Å². The number of likely N-dealkylation sites (tertiary alicyclic amines) is 1. The number of hydrogen-bond acceptors (Lipinski definition) is 4. The van der Waals surface area contributed by atoms with Crippen molar-refractivity contribution in [1.82, 2.24) is 20.0 Å². The van der Waals surface area contributed by atoms with Crippen molar-refractivity contribution < 1.29 is 9.90 Å². The summed E-state index contributed by atoms with van der Waals surface area (Å²) in [4.78, 5) is 13.2. The lowest BCUT2D eigenvalue weighted by molar-refractivity contribution is 0.0576. The first-order chi connectivity index (χ1) is 12.1. The van der Waals surface area contributed by atoms with E-state index in [0.29, 0.717) is 0 Å². The number of nitrogens with one attached hydrogen (secondary N) is 1. The number of phenolic OH excluding ortho intramolecular Hbond substituents is 1. The molecule has 7 heteroatoms. The summed E-state index contributed by atoms with van der Waals surface area (Å²) in [7, 11) is 1.98. The molecule has 6 nitrogen and oxygen atoms in total. The maximum Gasteiger partial charge on any atom is 0.441 e. The molecule has 2 aliphatic heterocycles. The predicted octanol–water partition coefficient (Wildman–Crippen LogP) is 3.85. The molecule has 0 spiro atoms. The zero-order chi connectivity index (χ0) is 17.4. The minimum Gasteiger partial charge on any atom is -0.508 e. The molecule has 0 radical (unpaired) electrons. The lowest BCUT2D eigenvalue weighted by atomic mass is 10.0. The van der Waals surface area contributed by atoms with Crippen LogP contribution in [0.4, 0.5) is 10.5 Å². The van der Waals surface area contributed by atoms with E-state index in [-0.39, 0.29) is 40.2 Å². The average Bonchev–Trinajstić information content (AvgIpc) is 3.23. The molecule has 140 valence electrons. The highest BCUT2D eigenvalue weighted by atomic mass is 127. The third-order valence-corrected chi connectivity index (χ3v) is 5.54. The number of likely N-dealkylation sites (N-methyl/N-ethyl adjacent to an activating group) is 1. The molecular formula is C19H26IN4O2+. The largest absolute Gasteiger partial charge is 0.508 e. The first-order valence-electron chi connectivity index (χ1n) is 9.02. The van der Waals surface area contributed by atoms with Gasteiger partial charge in [0.15, 0.2) is 0 Å². The molecule has 1 fully saturated rings. The number of hydrazine groups is 2. The number of fused-ring (bicyclic) bond motifs is 1. The fourth-order valence-corrected chi connectivity index (χ4v) is 4.10.